The van der Waals surface area contributed by atoms with Gasteiger partial charge in [-0.05, 0) is 43.2 Å². The number of benzene rings is 1. The molecule has 0 aliphatic carbocycles. The Hall–Kier alpha value is -1.96. The first-order valence-corrected chi connectivity index (χ1v) is 5.37. The molecule has 0 unspecified atom stereocenters. The van der Waals surface area contributed by atoms with Crippen LogP contribution in [-0.2, 0) is 0 Å². The molecule has 0 atom stereocenters. The van der Waals surface area contributed by atoms with Crippen LogP contribution in [0.5, 0.6) is 0 Å². The molecule has 0 N–H and O–H groups in total. The molecule has 2 aromatic heterocycles. The Morgan fingerprint density at radius 2 is 1.56 bits per heavy atom. The van der Waals surface area contributed by atoms with Crippen molar-refractivity contribution in [2.75, 3.05) is 0 Å². The van der Waals surface area contributed by atoms with E-state index in [4.69, 9.17) is 0 Å². The molecule has 0 radical (unpaired) electrons. The van der Waals surface area contributed by atoms with Gasteiger partial charge in [0, 0.05) is 23.2 Å². The molecular formula is C14H12N2. The van der Waals surface area contributed by atoms with Crippen molar-refractivity contribution in [2.45, 2.75) is 13.8 Å². The fourth-order valence-electron chi connectivity index (χ4n) is 2.15. The molecule has 0 fully saturated rings. The van der Waals surface area contributed by atoms with Crippen molar-refractivity contribution in [3.8, 4) is 0 Å². The summed E-state index contributed by atoms with van der Waals surface area (Å²) in [6.07, 6.45) is 3.67. The topological polar surface area (TPSA) is 25.8 Å². The molecule has 2 heteroatoms. The predicted octanol–water partition coefficient (Wildman–Crippen LogP) is 3.40. The smallest absolute Gasteiger partial charge is 0.0967 e. The molecule has 0 aliphatic heterocycles. The van der Waals surface area contributed by atoms with E-state index in [2.05, 4.69) is 35.9 Å². The Kier molecular flexibility index (Phi) is 1.90. The minimum atomic E-state index is 1.00. The highest BCUT2D eigenvalue weighted by Gasteiger charge is 2.06. The van der Waals surface area contributed by atoms with Crippen LogP contribution in [0.3, 0.4) is 0 Å². The van der Waals surface area contributed by atoms with Gasteiger partial charge in [-0.3, -0.25) is 9.97 Å². The molecule has 3 rings (SSSR count). The average molecular weight is 208 g/mol. The molecule has 1 aromatic carbocycles. The number of aryl methyl sites for hydroxylation is 2. The summed E-state index contributed by atoms with van der Waals surface area (Å²) < 4.78 is 0. The zero-order chi connectivity index (χ0) is 11.1. The maximum atomic E-state index is 4.45. The van der Waals surface area contributed by atoms with Crippen LogP contribution < -0.4 is 0 Å². The number of aromatic nitrogens is 2. The van der Waals surface area contributed by atoms with Gasteiger partial charge in [-0.2, -0.15) is 0 Å². The monoisotopic (exact) mass is 208 g/mol. The van der Waals surface area contributed by atoms with Gasteiger partial charge in [-0.1, -0.05) is 6.07 Å². The van der Waals surface area contributed by atoms with E-state index in [1.807, 2.05) is 24.5 Å². The van der Waals surface area contributed by atoms with E-state index in [-0.39, 0.29) is 0 Å². The first-order valence-electron chi connectivity index (χ1n) is 5.37. The number of rotatable bonds is 0. The van der Waals surface area contributed by atoms with Crippen LogP contribution in [0, 0.1) is 13.8 Å². The summed E-state index contributed by atoms with van der Waals surface area (Å²) in [5.41, 5.74) is 4.51. The quantitative estimate of drug-likeness (QED) is 0.529. The van der Waals surface area contributed by atoms with Crippen molar-refractivity contribution in [3.05, 3.63) is 47.8 Å². The molecule has 78 valence electrons. The van der Waals surface area contributed by atoms with Crippen LogP contribution in [0.15, 0.2) is 36.7 Å². The maximum absolute atomic E-state index is 4.45. The lowest BCUT2D eigenvalue weighted by atomic mass is 10.0. The van der Waals surface area contributed by atoms with Gasteiger partial charge >= 0.3 is 0 Å². The van der Waals surface area contributed by atoms with Gasteiger partial charge < -0.3 is 0 Å². The Bertz CT molecular complexity index is 681. The number of pyridine rings is 2. The van der Waals surface area contributed by atoms with Gasteiger partial charge in [0.25, 0.3) is 0 Å². The van der Waals surface area contributed by atoms with Crippen molar-refractivity contribution in [1.82, 2.24) is 9.97 Å². The van der Waals surface area contributed by atoms with E-state index >= 15 is 0 Å². The summed E-state index contributed by atoms with van der Waals surface area (Å²) >= 11 is 0. The van der Waals surface area contributed by atoms with E-state index in [9.17, 15) is 0 Å². The molecule has 2 heterocycles. The Morgan fingerprint density at radius 1 is 0.812 bits per heavy atom. The maximum Gasteiger partial charge on any atom is 0.0967 e. The summed E-state index contributed by atoms with van der Waals surface area (Å²) in [5, 5.41) is 2.39. The Morgan fingerprint density at radius 3 is 2.44 bits per heavy atom. The predicted molar refractivity (Wildman–Crippen MR) is 66.5 cm³/mol. The first-order chi connectivity index (χ1) is 7.77. The number of hydrogen-bond acceptors (Lipinski definition) is 2. The highest BCUT2D eigenvalue weighted by atomic mass is 14.7. The third-order valence-corrected chi connectivity index (χ3v) is 3.03. The third kappa shape index (κ3) is 1.20. The molecular weight excluding hydrogens is 196 g/mol. The van der Waals surface area contributed by atoms with Crippen LogP contribution in [-0.4, -0.2) is 9.97 Å². The summed E-state index contributed by atoms with van der Waals surface area (Å²) in [6.45, 7) is 4.23. The van der Waals surface area contributed by atoms with Gasteiger partial charge in [0.1, 0.15) is 0 Å². The number of fused-ring (bicyclic) bond motifs is 3. The fourth-order valence-corrected chi connectivity index (χ4v) is 2.15. The van der Waals surface area contributed by atoms with Crippen molar-refractivity contribution in [1.29, 1.82) is 0 Å². The van der Waals surface area contributed by atoms with E-state index in [0.717, 1.165) is 11.0 Å². The minimum absolute atomic E-state index is 1.00. The van der Waals surface area contributed by atoms with Crippen molar-refractivity contribution >= 4 is 21.8 Å². The largest absolute Gasteiger partial charge is 0.254 e. The summed E-state index contributed by atoms with van der Waals surface area (Å²) in [7, 11) is 0. The van der Waals surface area contributed by atoms with Crippen LogP contribution in [0.2, 0.25) is 0 Å². The summed E-state index contributed by atoms with van der Waals surface area (Å²) in [5.74, 6) is 0. The SMILES string of the molecule is Cc1cc2c(C)ccnc2c2ncccc12. The second-order valence-corrected chi connectivity index (χ2v) is 4.12. The normalized spacial score (nSPS) is 11.1. The molecule has 0 spiro atoms. The molecule has 16 heavy (non-hydrogen) atoms. The van der Waals surface area contributed by atoms with Gasteiger partial charge in [0.15, 0.2) is 0 Å². The fraction of sp³-hybridized carbons (Fsp3) is 0.143. The average Bonchev–Trinajstić information content (AvgIpc) is 2.31. The molecule has 0 amide bonds. The second-order valence-electron chi connectivity index (χ2n) is 4.12. The Balaban J connectivity index is 2.64. The number of nitrogens with zero attached hydrogens (tertiary/aromatic N) is 2. The zero-order valence-electron chi connectivity index (χ0n) is 9.36. The van der Waals surface area contributed by atoms with Crippen molar-refractivity contribution < 1.29 is 0 Å². The minimum Gasteiger partial charge on any atom is -0.254 e. The van der Waals surface area contributed by atoms with Gasteiger partial charge in [0.05, 0.1) is 11.0 Å². The molecule has 0 saturated heterocycles. The summed E-state index contributed by atoms with van der Waals surface area (Å²) in [4.78, 5) is 8.90. The van der Waals surface area contributed by atoms with Crippen molar-refractivity contribution in [2.24, 2.45) is 0 Å². The van der Waals surface area contributed by atoms with Crippen LogP contribution in [0.1, 0.15) is 11.1 Å². The third-order valence-electron chi connectivity index (χ3n) is 3.03. The lowest BCUT2D eigenvalue weighted by Gasteiger charge is -2.07. The standard InChI is InChI=1S/C14H12N2/c1-9-5-7-16-14-12(9)8-10(2)11-4-3-6-15-13(11)14/h3-8H,1-2H3. The highest BCUT2D eigenvalue weighted by Crippen LogP contribution is 2.26. The molecule has 2 nitrogen and oxygen atoms in total. The highest BCUT2D eigenvalue weighted by molar-refractivity contribution is 6.05. The second kappa shape index (κ2) is 3.27. The van der Waals surface area contributed by atoms with E-state index in [0.29, 0.717) is 0 Å². The van der Waals surface area contributed by atoms with Gasteiger partial charge in [-0.25, -0.2) is 0 Å². The summed E-state index contributed by atoms with van der Waals surface area (Å²) in [6, 6.07) is 8.30. The first kappa shape index (κ1) is 9.28. The Labute approximate surface area is 94.0 Å². The number of hydrogen-bond donors (Lipinski definition) is 0. The van der Waals surface area contributed by atoms with Gasteiger partial charge in [-0.15, -0.1) is 0 Å². The molecule has 0 aliphatic rings. The molecule has 0 bridgehead atoms. The van der Waals surface area contributed by atoms with E-state index in [1.54, 1.807) is 0 Å². The lowest BCUT2D eigenvalue weighted by molar-refractivity contribution is 1.34. The molecule has 3 aromatic rings. The van der Waals surface area contributed by atoms with E-state index < -0.39 is 0 Å². The lowest BCUT2D eigenvalue weighted by Crippen LogP contribution is -1.89. The van der Waals surface area contributed by atoms with Crippen LogP contribution in [0.4, 0.5) is 0 Å². The zero-order valence-corrected chi connectivity index (χ0v) is 9.36. The van der Waals surface area contributed by atoms with Crippen molar-refractivity contribution in [3.63, 3.8) is 0 Å². The molecule has 0 saturated carbocycles. The van der Waals surface area contributed by atoms with Crippen LogP contribution >= 0.6 is 0 Å². The van der Waals surface area contributed by atoms with Crippen LogP contribution in [0.25, 0.3) is 21.8 Å². The van der Waals surface area contributed by atoms with E-state index in [1.165, 1.54) is 21.9 Å². The van der Waals surface area contributed by atoms with Gasteiger partial charge in [0.2, 0.25) is 0 Å².